The molecule has 1 fully saturated rings. The van der Waals surface area contributed by atoms with Crippen molar-refractivity contribution in [2.45, 2.75) is 44.6 Å². The minimum Gasteiger partial charge on any atom is -0.485 e. The summed E-state index contributed by atoms with van der Waals surface area (Å²) in [6.07, 6.45) is 2.32. The number of hydrogen-bond donors (Lipinski definition) is 0. The molecule has 0 radical (unpaired) electrons. The van der Waals surface area contributed by atoms with Crippen molar-refractivity contribution in [2.24, 2.45) is 5.41 Å². The molecule has 19 heavy (non-hydrogen) atoms. The zero-order valence-electron chi connectivity index (χ0n) is 10.9. The predicted molar refractivity (Wildman–Crippen MR) is 75.7 cm³/mol. The second kappa shape index (κ2) is 5.57. The highest BCUT2D eigenvalue weighted by atomic mass is 79.9. The molecule has 0 aliphatic heterocycles. The second-order valence-corrected chi connectivity index (χ2v) is 6.33. The summed E-state index contributed by atoms with van der Waals surface area (Å²) in [5.41, 5.74) is -0.123. The Balaban J connectivity index is 2.23. The zero-order chi connectivity index (χ0) is 14.2. The van der Waals surface area contributed by atoms with E-state index < -0.39 is 11.6 Å². The first-order valence-corrected chi connectivity index (χ1v) is 7.62. The van der Waals surface area contributed by atoms with Gasteiger partial charge >= 0.3 is 0 Å². The Hall–Kier alpha value is -0.350. The standard InChI is InChI=1S/C14H16BrClF2O/c1-3-14(4-2)11(16)7-12(14)19-13-9(15)5-8(17)6-10(13)18/h5-6,11-12H,3-4,7H2,1-2H3. The van der Waals surface area contributed by atoms with E-state index >= 15 is 0 Å². The predicted octanol–water partition coefficient (Wildman–Crippen LogP) is 5.29. The fourth-order valence-corrected chi connectivity index (χ4v) is 3.91. The molecule has 2 unspecified atom stereocenters. The monoisotopic (exact) mass is 352 g/mol. The summed E-state index contributed by atoms with van der Waals surface area (Å²) in [5.74, 6) is -1.25. The smallest absolute Gasteiger partial charge is 0.169 e. The van der Waals surface area contributed by atoms with Gasteiger partial charge in [0.05, 0.1) is 4.47 Å². The third kappa shape index (κ3) is 2.49. The van der Waals surface area contributed by atoms with Crippen molar-refractivity contribution in [2.75, 3.05) is 0 Å². The number of rotatable bonds is 4. The van der Waals surface area contributed by atoms with Gasteiger partial charge in [-0.05, 0) is 34.8 Å². The van der Waals surface area contributed by atoms with Crippen LogP contribution in [0.3, 0.4) is 0 Å². The van der Waals surface area contributed by atoms with Gasteiger partial charge in [0, 0.05) is 23.3 Å². The van der Waals surface area contributed by atoms with Crippen LogP contribution in [-0.4, -0.2) is 11.5 Å². The van der Waals surface area contributed by atoms with E-state index in [9.17, 15) is 8.78 Å². The molecule has 2 rings (SSSR count). The lowest BCUT2D eigenvalue weighted by Gasteiger charge is -2.52. The number of hydrogen-bond acceptors (Lipinski definition) is 1. The molecule has 1 aliphatic carbocycles. The molecule has 2 atom stereocenters. The van der Waals surface area contributed by atoms with Gasteiger partial charge in [-0.3, -0.25) is 0 Å². The van der Waals surface area contributed by atoms with E-state index in [1.807, 2.05) is 0 Å². The maximum Gasteiger partial charge on any atom is 0.169 e. The number of halogens is 4. The van der Waals surface area contributed by atoms with Gasteiger partial charge in [0.1, 0.15) is 11.9 Å². The van der Waals surface area contributed by atoms with Crippen LogP contribution in [0.1, 0.15) is 33.1 Å². The maximum absolute atomic E-state index is 13.8. The normalized spacial score (nSPS) is 24.9. The summed E-state index contributed by atoms with van der Waals surface area (Å²) in [6, 6.07) is 2.03. The van der Waals surface area contributed by atoms with Crippen molar-refractivity contribution in [1.29, 1.82) is 0 Å². The molecule has 0 saturated heterocycles. The quantitative estimate of drug-likeness (QED) is 0.668. The van der Waals surface area contributed by atoms with Crippen molar-refractivity contribution in [3.05, 3.63) is 28.2 Å². The third-order valence-corrected chi connectivity index (χ3v) is 5.43. The molecule has 1 aliphatic rings. The minimum atomic E-state index is -0.689. The molecule has 0 bridgehead atoms. The van der Waals surface area contributed by atoms with Gasteiger partial charge < -0.3 is 4.74 Å². The average molecular weight is 354 g/mol. The molecular weight excluding hydrogens is 338 g/mol. The van der Waals surface area contributed by atoms with E-state index in [0.717, 1.165) is 18.9 Å². The van der Waals surface area contributed by atoms with Gasteiger partial charge in [-0.2, -0.15) is 0 Å². The van der Waals surface area contributed by atoms with Crippen LogP contribution in [0.5, 0.6) is 5.75 Å². The van der Waals surface area contributed by atoms with Crippen molar-refractivity contribution in [1.82, 2.24) is 0 Å². The lowest BCUT2D eigenvalue weighted by molar-refractivity contribution is -0.0484. The molecule has 1 nitrogen and oxygen atoms in total. The molecular formula is C14H16BrClF2O. The summed E-state index contributed by atoms with van der Waals surface area (Å²) in [6.45, 7) is 4.12. The third-order valence-electron chi connectivity index (χ3n) is 4.23. The van der Waals surface area contributed by atoms with Gasteiger partial charge in [0.15, 0.2) is 11.6 Å². The Labute approximate surface area is 125 Å². The SMILES string of the molecule is CCC1(CC)C(Cl)CC1Oc1c(F)cc(F)cc1Br. The zero-order valence-corrected chi connectivity index (χ0v) is 13.2. The Morgan fingerprint density at radius 3 is 2.47 bits per heavy atom. The first kappa shape index (κ1) is 15.0. The van der Waals surface area contributed by atoms with Crippen LogP contribution in [0.2, 0.25) is 0 Å². The van der Waals surface area contributed by atoms with Crippen molar-refractivity contribution < 1.29 is 13.5 Å². The Morgan fingerprint density at radius 1 is 1.37 bits per heavy atom. The Morgan fingerprint density at radius 2 is 2.00 bits per heavy atom. The fraction of sp³-hybridized carbons (Fsp3) is 0.571. The first-order valence-electron chi connectivity index (χ1n) is 6.39. The molecule has 1 saturated carbocycles. The van der Waals surface area contributed by atoms with Gasteiger partial charge in [-0.1, -0.05) is 13.8 Å². The van der Waals surface area contributed by atoms with Crippen LogP contribution in [0.15, 0.2) is 16.6 Å². The highest BCUT2D eigenvalue weighted by Gasteiger charge is 2.53. The van der Waals surface area contributed by atoms with Crippen molar-refractivity contribution in [3.63, 3.8) is 0 Å². The molecule has 0 N–H and O–H groups in total. The fourth-order valence-electron chi connectivity index (χ4n) is 2.80. The maximum atomic E-state index is 13.8. The van der Waals surface area contributed by atoms with Crippen LogP contribution in [-0.2, 0) is 0 Å². The van der Waals surface area contributed by atoms with Gasteiger partial charge in [-0.15, -0.1) is 11.6 Å². The van der Waals surface area contributed by atoms with E-state index in [0.29, 0.717) is 10.9 Å². The molecule has 1 aromatic rings. The second-order valence-electron chi connectivity index (χ2n) is 4.95. The molecule has 0 spiro atoms. The number of ether oxygens (including phenoxy) is 1. The Bertz CT molecular complexity index is 454. The van der Waals surface area contributed by atoms with Gasteiger partial charge in [0.25, 0.3) is 0 Å². The Kier molecular flexibility index (Phi) is 4.41. The van der Waals surface area contributed by atoms with Gasteiger partial charge in [-0.25, -0.2) is 8.78 Å². The first-order chi connectivity index (χ1) is 8.94. The summed E-state index contributed by atoms with van der Waals surface area (Å²) >= 11 is 9.43. The van der Waals surface area contributed by atoms with Crippen LogP contribution >= 0.6 is 27.5 Å². The summed E-state index contributed by atoms with van der Waals surface area (Å²) < 4.78 is 32.9. The number of alkyl halides is 1. The average Bonchev–Trinajstić information content (AvgIpc) is 2.33. The van der Waals surface area contributed by atoms with Crippen molar-refractivity contribution in [3.8, 4) is 5.75 Å². The molecule has 1 aromatic carbocycles. The minimum absolute atomic E-state index is 0.0507. The van der Waals surface area contributed by atoms with Crippen LogP contribution in [0, 0.1) is 17.0 Å². The van der Waals surface area contributed by atoms with E-state index in [2.05, 4.69) is 29.8 Å². The highest BCUT2D eigenvalue weighted by molar-refractivity contribution is 9.10. The van der Waals surface area contributed by atoms with E-state index in [-0.39, 0.29) is 22.6 Å². The molecule has 5 heteroatoms. The van der Waals surface area contributed by atoms with E-state index in [1.165, 1.54) is 6.07 Å². The summed E-state index contributed by atoms with van der Waals surface area (Å²) in [5, 5.41) is 0.0507. The van der Waals surface area contributed by atoms with Crippen LogP contribution < -0.4 is 4.74 Å². The molecule has 0 heterocycles. The van der Waals surface area contributed by atoms with E-state index in [4.69, 9.17) is 16.3 Å². The molecule has 106 valence electrons. The largest absolute Gasteiger partial charge is 0.485 e. The lowest BCUT2D eigenvalue weighted by Crippen LogP contribution is -2.56. The lowest BCUT2D eigenvalue weighted by atomic mass is 9.62. The van der Waals surface area contributed by atoms with Gasteiger partial charge in [0.2, 0.25) is 0 Å². The van der Waals surface area contributed by atoms with Crippen molar-refractivity contribution >= 4 is 27.5 Å². The number of benzene rings is 1. The van der Waals surface area contributed by atoms with Crippen LogP contribution in [0.4, 0.5) is 8.78 Å². The highest BCUT2D eigenvalue weighted by Crippen LogP contribution is 2.52. The van der Waals surface area contributed by atoms with E-state index in [1.54, 1.807) is 0 Å². The molecule has 0 aromatic heterocycles. The topological polar surface area (TPSA) is 9.23 Å². The molecule has 0 amide bonds. The van der Waals surface area contributed by atoms with Crippen LogP contribution in [0.25, 0.3) is 0 Å². The summed E-state index contributed by atoms with van der Waals surface area (Å²) in [4.78, 5) is 0. The summed E-state index contributed by atoms with van der Waals surface area (Å²) in [7, 11) is 0.